The highest BCUT2D eigenvalue weighted by atomic mass is 16.5. The van der Waals surface area contributed by atoms with Gasteiger partial charge < -0.3 is 25.2 Å². The number of hydrogen-bond donors (Lipinski definition) is 3. The van der Waals surface area contributed by atoms with E-state index in [1.165, 1.54) is 12.0 Å². The highest BCUT2D eigenvalue weighted by Gasteiger charge is 2.34. The Kier molecular flexibility index (Phi) is 6.48. The topological polar surface area (TPSA) is 116 Å². The number of hydrogen-bond acceptors (Lipinski definition) is 6. The summed E-state index contributed by atoms with van der Waals surface area (Å²) >= 11 is 0. The van der Waals surface area contributed by atoms with E-state index in [-0.39, 0.29) is 43.3 Å². The lowest BCUT2D eigenvalue weighted by Crippen LogP contribution is -2.31. The molecule has 0 saturated carbocycles. The maximum Gasteiger partial charge on any atom is 0.337 e. The van der Waals surface area contributed by atoms with Crippen LogP contribution in [0.15, 0.2) is 59.8 Å². The van der Waals surface area contributed by atoms with Crippen LogP contribution in [0, 0.1) is 0 Å². The number of benzene rings is 2. The van der Waals surface area contributed by atoms with Crippen LogP contribution < -0.4 is 5.32 Å². The first-order valence-corrected chi connectivity index (χ1v) is 9.32. The third-order valence-electron chi connectivity index (χ3n) is 4.73. The number of carbonyl (C=O) groups is 3. The van der Waals surface area contributed by atoms with E-state index in [9.17, 15) is 14.4 Å². The summed E-state index contributed by atoms with van der Waals surface area (Å²) in [6.07, 6.45) is -0.0429. The molecular formula is C22H22N2O6. The van der Waals surface area contributed by atoms with E-state index in [1.54, 1.807) is 18.2 Å². The van der Waals surface area contributed by atoms with E-state index in [0.717, 1.165) is 11.1 Å². The van der Waals surface area contributed by atoms with Crippen LogP contribution in [0.3, 0.4) is 0 Å². The number of esters is 1. The van der Waals surface area contributed by atoms with Crippen LogP contribution in [0.1, 0.15) is 5.56 Å². The van der Waals surface area contributed by atoms with E-state index >= 15 is 0 Å². The number of aliphatic carboxylic acids is 1. The molecular weight excluding hydrogens is 388 g/mol. The Morgan fingerprint density at radius 3 is 2.50 bits per heavy atom. The Morgan fingerprint density at radius 2 is 1.87 bits per heavy atom. The second kappa shape index (κ2) is 9.23. The molecule has 3 rings (SSSR count). The van der Waals surface area contributed by atoms with Gasteiger partial charge in [0, 0.05) is 12.2 Å². The summed E-state index contributed by atoms with van der Waals surface area (Å²) in [4.78, 5) is 37.0. The molecule has 0 bridgehead atoms. The molecule has 8 nitrogen and oxygen atoms in total. The average Bonchev–Trinajstić information content (AvgIpc) is 3.04. The largest absolute Gasteiger partial charge is 0.481 e. The van der Waals surface area contributed by atoms with Crippen molar-refractivity contribution in [2.75, 3.05) is 32.1 Å². The van der Waals surface area contributed by atoms with Crippen molar-refractivity contribution >= 4 is 23.5 Å². The predicted molar refractivity (Wildman–Crippen MR) is 110 cm³/mol. The van der Waals surface area contributed by atoms with Gasteiger partial charge in [-0.25, -0.2) is 4.79 Å². The Morgan fingerprint density at radius 1 is 1.13 bits per heavy atom. The van der Waals surface area contributed by atoms with E-state index in [1.807, 2.05) is 30.3 Å². The smallest absolute Gasteiger partial charge is 0.337 e. The van der Waals surface area contributed by atoms with Crippen molar-refractivity contribution in [3.63, 3.8) is 0 Å². The number of nitrogens with zero attached hydrogens (tertiary/aromatic N) is 1. The standard InChI is InChI=1S/C22H22N2O6/c1-30-22(29)18-13-24(9-10-25)21(28)20(18)23-17-4-2-3-16(12-17)15-7-5-14(6-8-15)11-19(26)27/h2-8,12,23,25H,9-11,13H2,1H3,(H,26,27). The van der Waals surface area contributed by atoms with Crippen LogP contribution in [-0.2, 0) is 25.5 Å². The number of carboxylic acids is 1. The zero-order valence-corrected chi connectivity index (χ0v) is 16.4. The van der Waals surface area contributed by atoms with Crippen LogP contribution in [0.2, 0.25) is 0 Å². The number of anilines is 1. The predicted octanol–water partition coefficient (Wildman–Crippen LogP) is 1.65. The molecule has 2 aromatic rings. The molecule has 0 fully saturated rings. The third kappa shape index (κ3) is 4.66. The molecule has 8 heteroatoms. The minimum atomic E-state index is -0.889. The highest BCUT2D eigenvalue weighted by Crippen LogP contribution is 2.27. The van der Waals surface area contributed by atoms with Crippen molar-refractivity contribution in [3.8, 4) is 11.1 Å². The Labute approximate surface area is 173 Å². The first-order chi connectivity index (χ1) is 14.4. The van der Waals surface area contributed by atoms with Gasteiger partial charge in [0.25, 0.3) is 5.91 Å². The Balaban J connectivity index is 1.85. The quantitative estimate of drug-likeness (QED) is 0.567. The van der Waals surface area contributed by atoms with Gasteiger partial charge in [-0.15, -0.1) is 0 Å². The first-order valence-electron chi connectivity index (χ1n) is 9.32. The molecule has 1 heterocycles. The van der Waals surface area contributed by atoms with Crippen molar-refractivity contribution in [1.29, 1.82) is 0 Å². The van der Waals surface area contributed by atoms with Crippen molar-refractivity contribution in [2.45, 2.75) is 6.42 Å². The van der Waals surface area contributed by atoms with Gasteiger partial charge in [0.15, 0.2) is 0 Å². The van der Waals surface area contributed by atoms with Crippen molar-refractivity contribution in [3.05, 3.63) is 65.4 Å². The highest BCUT2D eigenvalue weighted by molar-refractivity contribution is 6.08. The van der Waals surface area contributed by atoms with Crippen LogP contribution in [0.5, 0.6) is 0 Å². The van der Waals surface area contributed by atoms with Crippen molar-refractivity contribution in [1.82, 2.24) is 4.90 Å². The number of aliphatic hydroxyl groups is 1. The second-order valence-corrected chi connectivity index (χ2v) is 6.77. The number of carbonyl (C=O) groups excluding carboxylic acids is 2. The van der Waals surface area contributed by atoms with Gasteiger partial charge in [0.2, 0.25) is 0 Å². The van der Waals surface area contributed by atoms with E-state index in [0.29, 0.717) is 11.3 Å². The molecule has 1 aliphatic heterocycles. The Hall–Kier alpha value is -3.65. The summed E-state index contributed by atoms with van der Waals surface area (Å²) in [7, 11) is 1.25. The number of methoxy groups -OCH3 is 1. The normalized spacial score (nSPS) is 13.5. The fourth-order valence-corrected chi connectivity index (χ4v) is 3.26. The molecule has 0 unspecified atom stereocenters. The van der Waals surface area contributed by atoms with Crippen LogP contribution in [-0.4, -0.2) is 59.8 Å². The van der Waals surface area contributed by atoms with Crippen LogP contribution >= 0.6 is 0 Å². The number of ether oxygens (including phenoxy) is 1. The molecule has 3 N–H and O–H groups in total. The van der Waals surface area contributed by atoms with Crippen LogP contribution in [0.25, 0.3) is 11.1 Å². The number of carboxylic acid groups (broad SMARTS) is 1. The maximum atomic E-state index is 12.6. The van der Waals surface area contributed by atoms with E-state index < -0.39 is 11.9 Å². The molecule has 156 valence electrons. The summed E-state index contributed by atoms with van der Waals surface area (Å²) in [5, 5.41) is 21.1. The SMILES string of the molecule is COC(=O)C1=C(Nc2cccc(-c3ccc(CC(=O)O)cc3)c2)C(=O)N(CCO)C1. The van der Waals surface area contributed by atoms with Gasteiger partial charge in [-0.05, 0) is 28.8 Å². The second-order valence-electron chi connectivity index (χ2n) is 6.77. The molecule has 0 aliphatic carbocycles. The number of amides is 1. The lowest BCUT2D eigenvalue weighted by Gasteiger charge is -2.15. The number of β-amino-alcohol motifs (C(OH)–C–C–N with tert-alkyl or cyclic N) is 1. The summed E-state index contributed by atoms with van der Waals surface area (Å²) in [5.41, 5.74) is 3.39. The molecule has 2 aromatic carbocycles. The third-order valence-corrected chi connectivity index (χ3v) is 4.73. The van der Waals surface area contributed by atoms with E-state index in [4.69, 9.17) is 14.9 Å². The summed E-state index contributed by atoms with van der Waals surface area (Å²) in [6, 6.07) is 14.5. The molecule has 0 atom stereocenters. The van der Waals surface area contributed by atoms with Crippen molar-refractivity contribution < 1.29 is 29.3 Å². The fraction of sp³-hybridized carbons (Fsp3) is 0.227. The number of nitrogens with one attached hydrogen (secondary N) is 1. The lowest BCUT2D eigenvalue weighted by molar-refractivity contribution is -0.137. The molecule has 0 radical (unpaired) electrons. The molecule has 1 aliphatic rings. The summed E-state index contributed by atoms with van der Waals surface area (Å²) in [6.45, 7) is -0.0206. The lowest BCUT2D eigenvalue weighted by atomic mass is 10.0. The van der Waals surface area contributed by atoms with Gasteiger partial charge in [0.05, 0.1) is 32.3 Å². The molecule has 0 saturated heterocycles. The van der Waals surface area contributed by atoms with E-state index in [2.05, 4.69) is 5.32 Å². The molecule has 0 spiro atoms. The Bertz CT molecular complexity index is 997. The average molecular weight is 410 g/mol. The summed E-state index contributed by atoms with van der Waals surface area (Å²) < 4.78 is 4.79. The van der Waals surface area contributed by atoms with Gasteiger partial charge in [-0.1, -0.05) is 36.4 Å². The minimum Gasteiger partial charge on any atom is -0.481 e. The first kappa shape index (κ1) is 21.1. The van der Waals surface area contributed by atoms with Gasteiger partial charge in [0.1, 0.15) is 5.70 Å². The fourth-order valence-electron chi connectivity index (χ4n) is 3.26. The number of aliphatic hydroxyl groups excluding tert-OH is 1. The minimum absolute atomic E-state index is 0.0429. The van der Waals surface area contributed by atoms with Gasteiger partial charge >= 0.3 is 11.9 Å². The zero-order valence-electron chi connectivity index (χ0n) is 16.4. The van der Waals surface area contributed by atoms with Gasteiger partial charge in [-0.3, -0.25) is 9.59 Å². The number of rotatable bonds is 8. The summed E-state index contributed by atoms with van der Waals surface area (Å²) in [5.74, 6) is -1.87. The van der Waals surface area contributed by atoms with Crippen LogP contribution in [0.4, 0.5) is 5.69 Å². The monoisotopic (exact) mass is 410 g/mol. The zero-order chi connectivity index (χ0) is 21.7. The molecule has 0 aromatic heterocycles. The molecule has 30 heavy (non-hydrogen) atoms. The molecule has 1 amide bonds. The van der Waals surface area contributed by atoms with Crippen molar-refractivity contribution in [2.24, 2.45) is 0 Å². The maximum absolute atomic E-state index is 12.6. The van der Waals surface area contributed by atoms with Gasteiger partial charge in [-0.2, -0.15) is 0 Å².